The molecule has 0 aliphatic heterocycles. The van der Waals surface area contributed by atoms with Crippen LogP contribution in [-0.4, -0.2) is 28.2 Å². The van der Waals surface area contributed by atoms with E-state index in [4.69, 9.17) is 15.2 Å². The molecule has 0 saturated carbocycles. The zero-order valence-electron chi connectivity index (χ0n) is 8.97. The molecule has 0 spiro atoms. The second-order valence-electron chi connectivity index (χ2n) is 4.62. The molecular formula is C11H13BO4. The number of hydrogen-bond donors (Lipinski definition) is 3. The third-order valence-corrected chi connectivity index (χ3v) is 3.21. The van der Waals surface area contributed by atoms with Gasteiger partial charge in [0.25, 0.3) is 0 Å². The number of hydrogen-bond acceptors (Lipinski definition) is 3. The Kier molecular flexibility index (Phi) is 2.52. The van der Waals surface area contributed by atoms with Crippen LogP contribution in [0.2, 0.25) is 0 Å². The highest BCUT2D eigenvalue weighted by molar-refractivity contribution is 6.58. The van der Waals surface area contributed by atoms with Crippen molar-refractivity contribution in [1.82, 2.24) is 0 Å². The van der Waals surface area contributed by atoms with Gasteiger partial charge in [-0.05, 0) is 36.4 Å². The van der Waals surface area contributed by atoms with E-state index in [1.165, 1.54) is 0 Å². The Hall–Kier alpha value is -1.33. The first-order valence-corrected chi connectivity index (χ1v) is 5.14. The average Bonchev–Trinajstić information content (AvgIpc) is 2.54. The lowest BCUT2D eigenvalue weighted by Crippen LogP contribution is -2.30. The molecule has 0 saturated heterocycles. The van der Waals surface area contributed by atoms with Crippen LogP contribution < -0.4 is 5.46 Å². The molecule has 3 N–H and O–H groups in total. The van der Waals surface area contributed by atoms with Gasteiger partial charge in [-0.15, -0.1) is 0 Å². The highest BCUT2D eigenvalue weighted by Gasteiger charge is 2.39. The van der Waals surface area contributed by atoms with E-state index >= 15 is 0 Å². The van der Waals surface area contributed by atoms with E-state index in [0.29, 0.717) is 18.3 Å². The van der Waals surface area contributed by atoms with Crippen LogP contribution >= 0.6 is 0 Å². The summed E-state index contributed by atoms with van der Waals surface area (Å²) in [6, 6.07) is 5.07. The van der Waals surface area contributed by atoms with E-state index in [9.17, 15) is 4.79 Å². The van der Waals surface area contributed by atoms with Crippen LogP contribution in [0.1, 0.15) is 18.1 Å². The minimum atomic E-state index is -1.50. The Morgan fingerprint density at radius 1 is 1.31 bits per heavy atom. The van der Waals surface area contributed by atoms with Crippen LogP contribution in [0.25, 0.3) is 0 Å². The van der Waals surface area contributed by atoms with Crippen molar-refractivity contribution < 1.29 is 19.9 Å². The second-order valence-corrected chi connectivity index (χ2v) is 4.62. The molecule has 0 fully saturated rings. The van der Waals surface area contributed by atoms with Crippen LogP contribution in [0.5, 0.6) is 0 Å². The molecule has 2 rings (SSSR count). The fourth-order valence-electron chi connectivity index (χ4n) is 2.20. The summed E-state index contributed by atoms with van der Waals surface area (Å²) in [5, 5.41) is 27.2. The van der Waals surface area contributed by atoms with E-state index in [1.54, 1.807) is 25.1 Å². The molecule has 5 heteroatoms. The number of aliphatic carboxylic acids is 1. The van der Waals surface area contributed by atoms with Crippen molar-refractivity contribution in [3.63, 3.8) is 0 Å². The Bertz CT molecular complexity index is 444. The van der Waals surface area contributed by atoms with Gasteiger partial charge in [0.15, 0.2) is 0 Å². The normalized spacial score (nSPS) is 22.9. The smallest absolute Gasteiger partial charge is 0.481 e. The standard InChI is InChI=1S/C11H13BO4/c1-11(10(13)14)5-7-2-3-9(12(15)16)4-8(7)6-11/h2-4,15-16H,5-6H2,1H3,(H,13,14). The Balaban J connectivity index is 2.35. The summed E-state index contributed by atoms with van der Waals surface area (Å²) in [6.45, 7) is 1.71. The Morgan fingerprint density at radius 2 is 1.94 bits per heavy atom. The third-order valence-electron chi connectivity index (χ3n) is 3.21. The first-order valence-electron chi connectivity index (χ1n) is 5.14. The number of carboxylic acid groups (broad SMARTS) is 1. The largest absolute Gasteiger partial charge is 0.488 e. The summed E-state index contributed by atoms with van der Waals surface area (Å²) in [4.78, 5) is 11.1. The van der Waals surface area contributed by atoms with Gasteiger partial charge in [-0.3, -0.25) is 4.79 Å². The van der Waals surface area contributed by atoms with Crippen molar-refractivity contribution in [3.05, 3.63) is 29.3 Å². The predicted molar refractivity (Wildman–Crippen MR) is 59.4 cm³/mol. The van der Waals surface area contributed by atoms with Gasteiger partial charge in [0.05, 0.1) is 5.41 Å². The first-order chi connectivity index (χ1) is 7.42. The first kappa shape index (κ1) is 11.2. The molecule has 16 heavy (non-hydrogen) atoms. The molecule has 1 aromatic rings. The summed E-state index contributed by atoms with van der Waals surface area (Å²) >= 11 is 0. The number of fused-ring (bicyclic) bond motifs is 1. The molecule has 0 aromatic heterocycles. The van der Waals surface area contributed by atoms with Crippen molar-refractivity contribution >= 4 is 18.6 Å². The van der Waals surface area contributed by atoms with Gasteiger partial charge < -0.3 is 15.2 Å². The van der Waals surface area contributed by atoms with E-state index in [2.05, 4.69) is 0 Å². The minimum absolute atomic E-state index is 0.411. The van der Waals surface area contributed by atoms with Crippen molar-refractivity contribution in [3.8, 4) is 0 Å². The maximum atomic E-state index is 11.1. The number of benzene rings is 1. The minimum Gasteiger partial charge on any atom is -0.481 e. The van der Waals surface area contributed by atoms with Crippen LogP contribution in [0, 0.1) is 5.41 Å². The molecule has 1 aromatic carbocycles. The molecule has 0 radical (unpaired) electrons. The monoisotopic (exact) mass is 220 g/mol. The molecule has 1 aliphatic rings. The average molecular weight is 220 g/mol. The van der Waals surface area contributed by atoms with Crippen molar-refractivity contribution in [1.29, 1.82) is 0 Å². The number of carboxylic acids is 1. The van der Waals surface area contributed by atoms with Crippen LogP contribution in [-0.2, 0) is 17.6 Å². The van der Waals surface area contributed by atoms with E-state index in [0.717, 1.165) is 11.1 Å². The lowest BCUT2D eigenvalue weighted by molar-refractivity contribution is -0.147. The van der Waals surface area contributed by atoms with Gasteiger partial charge in [-0.1, -0.05) is 18.2 Å². The summed E-state index contributed by atoms with van der Waals surface area (Å²) in [5.74, 6) is -0.810. The summed E-state index contributed by atoms with van der Waals surface area (Å²) in [6.07, 6.45) is 0.942. The Morgan fingerprint density at radius 3 is 2.50 bits per heavy atom. The van der Waals surface area contributed by atoms with Crippen LogP contribution in [0.4, 0.5) is 0 Å². The van der Waals surface area contributed by atoms with Crippen molar-refractivity contribution in [2.75, 3.05) is 0 Å². The van der Waals surface area contributed by atoms with Gasteiger partial charge in [0.2, 0.25) is 0 Å². The SMILES string of the molecule is CC1(C(=O)O)Cc2ccc(B(O)O)cc2C1. The highest BCUT2D eigenvalue weighted by Crippen LogP contribution is 2.36. The molecular weight excluding hydrogens is 207 g/mol. The quantitative estimate of drug-likeness (QED) is 0.590. The highest BCUT2D eigenvalue weighted by atomic mass is 16.4. The maximum absolute atomic E-state index is 11.1. The van der Waals surface area contributed by atoms with Crippen molar-refractivity contribution in [2.24, 2.45) is 5.41 Å². The molecule has 0 heterocycles. The molecule has 4 nitrogen and oxygen atoms in total. The van der Waals surface area contributed by atoms with Gasteiger partial charge in [0, 0.05) is 0 Å². The van der Waals surface area contributed by atoms with Gasteiger partial charge in [-0.2, -0.15) is 0 Å². The molecule has 1 unspecified atom stereocenters. The molecule has 1 aliphatic carbocycles. The van der Waals surface area contributed by atoms with Gasteiger partial charge >= 0.3 is 13.1 Å². The number of carbonyl (C=O) groups is 1. The van der Waals surface area contributed by atoms with E-state index in [1.807, 2.05) is 0 Å². The lowest BCUT2D eigenvalue weighted by Gasteiger charge is -2.16. The zero-order chi connectivity index (χ0) is 11.9. The lowest BCUT2D eigenvalue weighted by atomic mass is 9.79. The predicted octanol–water partition coefficient (Wildman–Crippen LogP) is -0.444. The molecule has 0 amide bonds. The summed E-state index contributed by atoms with van der Waals surface area (Å²) < 4.78 is 0. The Labute approximate surface area is 93.7 Å². The molecule has 1 atom stereocenters. The van der Waals surface area contributed by atoms with Gasteiger partial charge in [-0.25, -0.2) is 0 Å². The van der Waals surface area contributed by atoms with E-state index in [-0.39, 0.29) is 0 Å². The van der Waals surface area contributed by atoms with Crippen molar-refractivity contribution in [2.45, 2.75) is 19.8 Å². The summed E-state index contributed by atoms with van der Waals surface area (Å²) in [5.41, 5.74) is 1.53. The number of rotatable bonds is 2. The fraction of sp³-hybridized carbons (Fsp3) is 0.364. The van der Waals surface area contributed by atoms with E-state index < -0.39 is 18.5 Å². The van der Waals surface area contributed by atoms with Crippen LogP contribution in [0.3, 0.4) is 0 Å². The second kappa shape index (κ2) is 3.61. The topological polar surface area (TPSA) is 77.8 Å². The fourth-order valence-corrected chi connectivity index (χ4v) is 2.20. The third kappa shape index (κ3) is 1.72. The van der Waals surface area contributed by atoms with Gasteiger partial charge in [0.1, 0.15) is 0 Å². The molecule has 84 valence electrons. The molecule has 0 bridgehead atoms. The maximum Gasteiger partial charge on any atom is 0.488 e. The summed E-state index contributed by atoms with van der Waals surface area (Å²) in [7, 11) is -1.50. The van der Waals surface area contributed by atoms with Crippen LogP contribution in [0.15, 0.2) is 18.2 Å². The zero-order valence-corrected chi connectivity index (χ0v) is 8.97.